The van der Waals surface area contributed by atoms with Gasteiger partial charge in [-0.25, -0.2) is 4.79 Å². The third kappa shape index (κ3) is 6.29. The van der Waals surface area contributed by atoms with E-state index in [0.29, 0.717) is 17.2 Å². The van der Waals surface area contributed by atoms with Crippen LogP contribution in [0.2, 0.25) is 0 Å². The number of amides is 1. The van der Waals surface area contributed by atoms with Gasteiger partial charge < -0.3 is 14.8 Å². The van der Waals surface area contributed by atoms with Gasteiger partial charge in [0.05, 0.1) is 7.11 Å². The molecule has 0 saturated carbocycles. The second-order valence-electron chi connectivity index (χ2n) is 8.06. The van der Waals surface area contributed by atoms with E-state index in [9.17, 15) is 9.59 Å². The quantitative estimate of drug-likeness (QED) is 0.200. The summed E-state index contributed by atoms with van der Waals surface area (Å²) in [4.78, 5) is 25.2. The highest BCUT2D eigenvalue weighted by Gasteiger charge is 2.22. The van der Waals surface area contributed by atoms with E-state index in [1.165, 1.54) is 30.1 Å². The molecule has 0 aliphatic carbocycles. The van der Waals surface area contributed by atoms with Gasteiger partial charge in [-0.1, -0.05) is 73.7 Å². The molecular weight excluding hydrogens is 470 g/mol. The molecule has 36 heavy (non-hydrogen) atoms. The fourth-order valence-electron chi connectivity index (χ4n) is 3.63. The molecule has 6 heteroatoms. The highest BCUT2D eigenvalue weighted by molar-refractivity contribution is 7.15. The number of hydrogen-bond donors (Lipinski definition) is 1. The lowest BCUT2D eigenvalue weighted by Gasteiger charge is -2.07. The van der Waals surface area contributed by atoms with Gasteiger partial charge in [-0.05, 0) is 46.9 Å². The number of thiophene rings is 1. The fourth-order valence-corrected chi connectivity index (χ4v) is 4.59. The van der Waals surface area contributed by atoms with Gasteiger partial charge in [0.2, 0.25) is 5.91 Å². The highest BCUT2D eigenvalue weighted by Crippen LogP contribution is 2.36. The third-order valence-electron chi connectivity index (χ3n) is 5.65. The number of benzene rings is 3. The number of carbonyl (C=O) groups excluding carboxylic acids is 2. The average Bonchev–Trinajstić information content (AvgIpc) is 3.34. The van der Waals surface area contributed by atoms with E-state index in [0.717, 1.165) is 34.4 Å². The molecule has 0 unspecified atom stereocenters. The van der Waals surface area contributed by atoms with E-state index in [-0.39, 0.29) is 5.91 Å². The summed E-state index contributed by atoms with van der Waals surface area (Å²) in [5.74, 6) is -0.0725. The van der Waals surface area contributed by atoms with Crippen molar-refractivity contribution in [3.63, 3.8) is 0 Å². The van der Waals surface area contributed by atoms with Crippen molar-refractivity contribution in [1.29, 1.82) is 0 Å². The van der Waals surface area contributed by atoms with Crippen molar-refractivity contribution >= 4 is 34.3 Å². The molecule has 0 fully saturated rings. The van der Waals surface area contributed by atoms with E-state index in [4.69, 9.17) is 9.47 Å². The van der Waals surface area contributed by atoms with Crippen LogP contribution >= 0.6 is 11.3 Å². The molecule has 1 amide bonds. The molecule has 5 nitrogen and oxygen atoms in total. The normalized spacial score (nSPS) is 10.8. The second kappa shape index (κ2) is 12.0. The molecule has 0 spiro atoms. The smallest absolute Gasteiger partial charge is 0.341 e. The van der Waals surface area contributed by atoms with Gasteiger partial charge in [-0.3, -0.25) is 4.79 Å². The van der Waals surface area contributed by atoms with Gasteiger partial charge in [0.25, 0.3) is 0 Å². The first-order valence-electron chi connectivity index (χ1n) is 11.6. The van der Waals surface area contributed by atoms with E-state index >= 15 is 0 Å². The molecule has 0 aliphatic rings. The van der Waals surface area contributed by atoms with Crippen molar-refractivity contribution < 1.29 is 19.1 Å². The number of rotatable bonds is 9. The summed E-state index contributed by atoms with van der Waals surface area (Å²) in [6.07, 6.45) is 4.09. The van der Waals surface area contributed by atoms with Gasteiger partial charge >= 0.3 is 5.97 Å². The maximum atomic E-state index is 12.6. The highest BCUT2D eigenvalue weighted by atomic mass is 32.1. The minimum atomic E-state index is -0.490. The first kappa shape index (κ1) is 24.9. The minimum Gasteiger partial charge on any atom is -0.489 e. The van der Waals surface area contributed by atoms with Gasteiger partial charge in [0, 0.05) is 17.0 Å². The fraction of sp³-hybridized carbons (Fsp3) is 0.133. The summed E-state index contributed by atoms with van der Waals surface area (Å²) >= 11 is 1.30. The molecule has 0 saturated heterocycles. The SMILES string of the molecule is CCc1ccc(-c2csc(NC(=O)/C=C/c3ccc(OCc4ccccc4)cc3)c2C(=O)OC)cc1. The van der Waals surface area contributed by atoms with Crippen molar-refractivity contribution in [1.82, 2.24) is 0 Å². The molecule has 1 aromatic heterocycles. The van der Waals surface area contributed by atoms with Crippen LogP contribution < -0.4 is 10.1 Å². The lowest BCUT2D eigenvalue weighted by atomic mass is 10.0. The van der Waals surface area contributed by atoms with Crippen LogP contribution in [0.5, 0.6) is 5.75 Å². The summed E-state index contributed by atoms with van der Waals surface area (Å²) in [6, 6.07) is 25.5. The minimum absolute atomic E-state index is 0.334. The number of ether oxygens (including phenoxy) is 2. The van der Waals surface area contributed by atoms with Crippen molar-refractivity contribution in [2.45, 2.75) is 20.0 Å². The van der Waals surface area contributed by atoms with Crippen LogP contribution in [0.15, 0.2) is 90.3 Å². The summed E-state index contributed by atoms with van der Waals surface area (Å²) in [7, 11) is 1.34. The van der Waals surface area contributed by atoms with Gasteiger partial charge in [0.15, 0.2) is 0 Å². The second-order valence-corrected chi connectivity index (χ2v) is 8.94. The Labute approximate surface area is 215 Å². The monoisotopic (exact) mass is 497 g/mol. The van der Waals surface area contributed by atoms with E-state index in [1.807, 2.05) is 84.2 Å². The number of methoxy groups -OCH3 is 1. The molecule has 0 atom stereocenters. The van der Waals surface area contributed by atoms with Gasteiger partial charge in [-0.15, -0.1) is 11.3 Å². The number of anilines is 1. The van der Waals surface area contributed by atoms with Crippen LogP contribution in [-0.4, -0.2) is 19.0 Å². The van der Waals surface area contributed by atoms with Crippen LogP contribution in [0.25, 0.3) is 17.2 Å². The largest absolute Gasteiger partial charge is 0.489 e. The summed E-state index contributed by atoms with van der Waals surface area (Å²) < 4.78 is 10.8. The standard InChI is InChI=1S/C30H27NO4S/c1-3-21-9-14-24(15-10-21)26-20-36-29(28(26)30(33)34-2)31-27(32)18-13-22-11-16-25(17-12-22)35-19-23-7-5-4-6-8-23/h4-18,20H,3,19H2,1-2H3,(H,31,32)/b18-13+. The van der Waals surface area contributed by atoms with Crippen molar-refractivity contribution in [2.75, 3.05) is 12.4 Å². The van der Waals surface area contributed by atoms with E-state index in [2.05, 4.69) is 12.2 Å². The summed E-state index contributed by atoms with van der Waals surface area (Å²) in [5.41, 5.74) is 5.15. The molecule has 0 aliphatic heterocycles. The third-order valence-corrected chi connectivity index (χ3v) is 6.54. The Kier molecular flexibility index (Phi) is 8.32. The molecule has 4 rings (SSSR count). The zero-order valence-electron chi connectivity index (χ0n) is 20.2. The number of carbonyl (C=O) groups is 2. The summed E-state index contributed by atoms with van der Waals surface area (Å²) in [6.45, 7) is 2.58. The Bertz CT molecular complexity index is 1340. The lowest BCUT2D eigenvalue weighted by molar-refractivity contribution is -0.111. The van der Waals surface area contributed by atoms with E-state index < -0.39 is 5.97 Å². The van der Waals surface area contributed by atoms with Gasteiger partial charge in [-0.2, -0.15) is 0 Å². The molecule has 182 valence electrons. The first-order chi connectivity index (χ1) is 17.6. The molecule has 1 N–H and O–H groups in total. The number of hydrogen-bond acceptors (Lipinski definition) is 5. The number of esters is 1. The van der Waals surface area contributed by atoms with Crippen LogP contribution in [-0.2, 0) is 22.6 Å². The lowest BCUT2D eigenvalue weighted by Crippen LogP contribution is -2.11. The van der Waals surface area contributed by atoms with Crippen molar-refractivity contribution in [3.05, 3.63) is 113 Å². The molecule has 1 heterocycles. The predicted molar refractivity (Wildman–Crippen MR) is 145 cm³/mol. The maximum Gasteiger partial charge on any atom is 0.341 e. The Balaban J connectivity index is 1.42. The molecular formula is C30H27NO4S. The molecule has 3 aromatic carbocycles. The van der Waals surface area contributed by atoms with Crippen LogP contribution in [0.4, 0.5) is 5.00 Å². The average molecular weight is 498 g/mol. The maximum absolute atomic E-state index is 12.6. The van der Waals surface area contributed by atoms with E-state index in [1.54, 1.807) is 6.08 Å². The Morgan fingerprint density at radius 2 is 1.64 bits per heavy atom. The Morgan fingerprint density at radius 3 is 2.31 bits per heavy atom. The number of nitrogens with one attached hydrogen (secondary N) is 1. The van der Waals surface area contributed by atoms with Crippen molar-refractivity contribution in [3.8, 4) is 16.9 Å². The Morgan fingerprint density at radius 1 is 0.917 bits per heavy atom. The zero-order chi connectivity index (χ0) is 25.3. The Hall–Kier alpha value is -4.16. The zero-order valence-corrected chi connectivity index (χ0v) is 21.0. The number of aryl methyl sites for hydroxylation is 1. The van der Waals surface area contributed by atoms with Crippen LogP contribution in [0.3, 0.4) is 0 Å². The molecule has 0 radical (unpaired) electrons. The van der Waals surface area contributed by atoms with Gasteiger partial charge in [0.1, 0.15) is 22.9 Å². The van der Waals surface area contributed by atoms with Crippen molar-refractivity contribution in [2.24, 2.45) is 0 Å². The van der Waals surface area contributed by atoms with Crippen LogP contribution in [0, 0.1) is 0 Å². The topological polar surface area (TPSA) is 64.6 Å². The summed E-state index contributed by atoms with van der Waals surface area (Å²) in [5, 5.41) is 5.14. The molecule has 4 aromatic rings. The first-order valence-corrected chi connectivity index (χ1v) is 12.5. The molecule has 0 bridgehead atoms. The van der Waals surface area contributed by atoms with Crippen LogP contribution in [0.1, 0.15) is 34.0 Å². The predicted octanol–water partition coefficient (Wildman–Crippen LogP) is 7.00.